The highest BCUT2D eigenvalue weighted by atomic mass is 16.2. The number of Topliss-reactive ketones (excluding diaryl/α,β-unsaturated/α-hetero) is 1. The number of para-hydroxylation sites is 1. The lowest BCUT2D eigenvalue weighted by molar-refractivity contribution is -0.126. The highest BCUT2D eigenvalue weighted by molar-refractivity contribution is 6.00. The second-order valence-corrected chi connectivity index (χ2v) is 8.13. The van der Waals surface area contributed by atoms with Gasteiger partial charge in [-0.3, -0.25) is 14.4 Å². The van der Waals surface area contributed by atoms with Crippen LogP contribution in [0, 0.1) is 5.92 Å². The molecule has 0 aliphatic heterocycles. The minimum atomic E-state index is -0.337. The number of carbonyl (C=O) groups excluding carboxylic acids is 3. The zero-order valence-corrected chi connectivity index (χ0v) is 17.6. The number of nitrogens with zero attached hydrogens (tertiary/aromatic N) is 1. The Morgan fingerprint density at radius 3 is 2.45 bits per heavy atom. The van der Waals surface area contributed by atoms with Crippen molar-refractivity contribution in [3.63, 3.8) is 0 Å². The fraction of sp³-hybridized carbons (Fsp3) is 0.320. The topological polar surface area (TPSA) is 80.2 Å². The van der Waals surface area contributed by atoms with Crippen LogP contribution in [-0.2, 0) is 11.8 Å². The van der Waals surface area contributed by atoms with Crippen LogP contribution in [0.15, 0.2) is 60.7 Å². The summed E-state index contributed by atoms with van der Waals surface area (Å²) in [6.07, 6.45) is 3.35. The van der Waals surface area contributed by atoms with E-state index < -0.39 is 0 Å². The van der Waals surface area contributed by atoms with E-state index in [1.165, 1.54) is 0 Å². The number of benzene rings is 2. The lowest BCUT2D eigenvalue weighted by Crippen LogP contribution is -2.49. The van der Waals surface area contributed by atoms with Crippen molar-refractivity contribution in [2.75, 3.05) is 6.54 Å². The fourth-order valence-corrected chi connectivity index (χ4v) is 4.39. The molecule has 1 aliphatic rings. The maximum atomic E-state index is 13.0. The second-order valence-electron chi connectivity index (χ2n) is 8.13. The van der Waals surface area contributed by atoms with Gasteiger partial charge in [0.1, 0.15) is 5.69 Å². The second kappa shape index (κ2) is 9.16. The van der Waals surface area contributed by atoms with Crippen molar-refractivity contribution in [1.82, 2.24) is 15.2 Å². The summed E-state index contributed by atoms with van der Waals surface area (Å²) in [7, 11) is 1.87. The Balaban J connectivity index is 1.42. The molecule has 31 heavy (non-hydrogen) atoms. The van der Waals surface area contributed by atoms with Crippen LogP contribution in [0.1, 0.15) is 46.5 Å². The van der Waals surface area contributed by atoms with Crippen molar-refractivity contribution in [3.8, 4) is 0 Å². The Morgan fingerprint density at radius 1 is 0.968 bits per heavy atom. The third kappa shape index (κ3) is 4.53. The lowest BCUT2D eigenvalue weighted by Gasteiger charge is -2.31. The van der Waals surface area contributed by atoms with Gasteiger partial charge in [0.05, 0.1) is 12.5 Å². The molecule has 0 unspecified atom stereocenters. The number of amides is 2. The highest BCUT2D eigenvalue weighted by Gasteiger charge is 2.32. The molecule has 1 aromatic heterocycles. The van der Waals surface area contributed by atoms with Gasteiger partial charge in [-0.15, -0.1) is 0 Å². The Hall–Kier alpha value is -3.41. The summed E-state index contributed by atoms with van der Waals surface area (Å²) in [6.45, 7) is -0.0385. The van der Waals surface area contributed by atoms with E-state index in [0.29, 0.717) is 17.7 Å². The molecule has 3 aromatic rings. The highest BCUT2D eigenvalue weighted by Crippen LogP contribution is 2.26. The Labute approximate surface area is 181 Å². The molecule has 6 nitrogen and oxygen atoms in total. The number of nitrogens with one attached hydrogen (secondary N) is 2. The van der Waals surface area contributed by atoms with Gasteiger partial charge in [0, 0.05) is 29.6 Å². The van der Waals surface area contributed by atoms with Gasteiger partial charge in [0.25, 0.3) is 5.91 Å². The van der Waals surface area contributed by atoms with Gasteiger partial charge in [-0.05, 0) is 25.0 Å². The fourth-order valence-electron chi connectivity index (χ4n) is 4.39. The predicted molar refractivity (Wildman–Crippen MR) is 120 cm³/mol. The zero-order chi connectivity index (χ0) is 21.8. The smallest absolute Gasteiger partial charge is 0.268 e. The molecule has 2 aromatic carbocycles. The van der Waals surface area contributed by atoms with Crippen molar-refractivity contribution < 1.29 is 14.4 Å². The summed E-state index contributed by atoms with van der Waals surface area (Å²) in [5.41, 5.74) is 2.14. The quantitative estimate of drug-likeness (QED) is 0.603. The van der Waals surface area contributed by atoms with Crippen LogP contribution >= 0.6 is 0 Å². The molecule has 4 rings (SSSR count). The van der Waals surface area contributed by atoms with Crippen LogP contribution < -0.4 is 10.6 Å². The molecule has 0 bridgehead atoms. The first kappa shape index (κ1) is 20.8. The van der Waals surface area contributed by atoms with Crippen molar-refractivity contribution in [3.05, 3.63) is 71.9 Å². The number of aryl methyl sites for hydroxylation is 1. The Morgan fingerprint density at radius 2 is 1.68 bits per heavy atom. The summed E-state index contributed by atoms with van der Waals surface area (Å²) >= 11 is 0. The average molecular weight is 418 g/mol. The van der Waals surface area contributed by atoms with E-state index in [9.17, 15) is 14.4 Å². The molecule has 0 saturated heterocycles. The number of ketones is 1. The van der Waals surface area contributed by atoms with E-state index in [4.69, 9.17) is 0 Å². The van der Waals surface area contributed by atoms with Crippen molar-refractivity contribution >= 4 is 28.5 Å². The summed E-state index contributed by atoms with van der Waals surface area (Å²) in [4.78, 5) is 38.2. The molecule has 1 aliphatic carbocycles. The maximum Gasteiger partial charge on any atom is 0.268 e. The van der Waals surface area contributed by atoms with Gasteiger partial charge < -0.3 is 15.2 Å². The van der Waals surface area contributed by atoms with Crippen LogP contribution in [0.5, 0.6) is 0 Å². The van der Waals surface area contributed by atoms with E-state index in [2.05, 4.69) is 10.6 Å². The molecule has 6 heteroatoms. The predicted octanol–water partition coefficient (Wildman–Crippen LogP) is 3.47. The SMILES string of the molecule is Cn1c(C(=O)N[C@H]2CCCC[C@H]2C(=O)NCC(=O)c2ccccc2)cc2ccccc21. The summed E-state index contributed by atoms with van der Waals surface area (Å²) < 4.78 is 1.88. The van der Waals surface area contributed by atoms with Gasteiger partial charge >= 0.3 is 0 Å². The zero-order valence-electron chi connectivity index (χ0n) is 17.6. The van der Waals surface area contributed by atoms with Gasteiger partial charge in [-0.2, -0.15) is 0 Å². The number of rotatable bonds is 6. The van der Waals surface area contributed by atoms with Crippen molar-refractivity contribution in [2.24, 2.45) is 13.0 Å². The summed E-state index contributed by atoms with van der Waals surface area (Å²) in [5.74, 6) is -0.813. The van der Waals surface area contributed by atoms with Crippen LogP contribution in [-0.4, -0.2) is 34.8 Å². The molecule has 2 amide bonds. The molecule has 2 atom stereocenters. The largest absolute Gasteiger partial charge is 0.348 e. The molecule has 0 radical (unpaired) electrons. The van der Waals surface area contributed by atoms with Gasteiger partial charge in [-0.1, -0.05) is 61.4 Å². The lowest BCUT2D eigenvalue weighted by atomic mass is 9.83. The standard InChI is InChI=1S/C25H27N3O3/c1-28-21-14-8-5-11-18(21)15-22(28)25(31)27-20-13-7-6-12-19(20)24(30)26-16-23(29)17-9-3-2-4-10-17/h2-5,8-11,14-15,19-20H,6-7,12-13,16H2,1H3,(H,26,30)(H,27,31)/t19-,20+/m1/s1. The first-order chi connectivity index (χ1) is 15.0. The first-order valence-corrected chi connectivity index (χ1v) is 10.8. The van der Waals surface area contributed by atoms with E-state index >= 15 is 0 Å². The van der Waals surface area contributed by atoms with Crippen LogP contribution in [0.25, 0.3) is 10.9 Å². The molecule has 1 saturated carbocycles. The molecule has 1 heterocycles. The number of aromatic nitrogens is 1. The van der Waals surface area contributed by atoms with Crippen LogP contribution in [0.3, 0.4) is 0 Å². The van der Waals surface area contributed by atoms with Gasteiger partial charge in [-0.25, -0.2) is 0 Å². The van der Waals surface area contributed by atoms with Crippen molar-refractivity contribution in [2.45, 2.75) is 31.7 Å². The summed E-state index contributed by atoms with van der Waals surface area (Å²) in [6, 6.07) is 18.4. The van der Waals surface area contributed by atoms with E-state index in [0.717, 1.165) is 30.2 Å². The minimum absolute atomic E-state index is 0.0385. The monoisotopic (exact) mass is 417 g/mol. The molecule has 160 valence electrons. The maximum absolute atomic E-state index is 13.0. The molecule has 0 spiro atoms. The molecular weight excluding hydrogens is 390 g/mol. The normalized spacial score (nSPS) is 18.5. The van der Waals surface area contributed by atoms with Crippen molar-refractivity contribution in [1.29, 1.82) is 0 Å². The molecule has 2 N–H and O–H groups in total. The van der Waals surface area contributed by atoms with E-state index in [1.807, 2.05) is 48.0 Å². The Kier molecular flexibility index (Phi) is 6.16. The number of fused-ring (bicyclic) bond motifs is 1. The minimum Gasteiger partial charge on any atom is -0.348 e. The van der Waals surface area contributed by atoms with Gasteiger partial charge in [0.15, 0.2) is 5.78 Å². The number of carbonyl (C=O) groups is 3. The van der Waals surface area contributed by atoms with Gasteiger partial charge in [0.2, 0.25) is 5.91 Å². The average Bonchev–Trinajstić information content (AvgIpc) is 3.15. The molecule has 1 fully saturated rings. The summed E-state index contributed by atoms with van der Waals surface area (Å²) in [5, 5.41) is 6.87. The third-order valence-corrected chi connectivity index (χ3v) is 6.12. The van der Waals surface area contributed by atoms with Crippen LogP contribution in [0.2, 0.25) is 0 Å². The number of hydrogen-bond donors (Lipinski definition) is 2. The first-order valence-electron chi connectivity index (χ1n) is 10.8. The Bertz CT molecular complexity index is 1100. The van der Waals surface area contributed by atoms with Crippen LogP contribution in [0.4, 0.5) is 0 Å². The van der Waals surface area contributed by atoms with E-state index in [-0.39, 0.29) is 36.1 Å². The third-order valence-electron chi connectivity index (χ3n) is 6.12. The number of hydrogen-bond acceptors (Lipinski definition) is 3. The van der Waals surface area contributed by atoms with E-state index in [1.54, 1.807) is 24.3 Å². The molecular formula is C25H27N3O3.